The predicted octanol–water partition coefficient (Wildman–Crippen LogP) is -2.24. The molecule has 8 heteroatoms. The van der Waals surface area contributed by atoms with Gasteiger partial charge in [-0.25, -0.2) is 0 Å². The number of rotatable bonds is 3. The Morgan fingerprint density at radius 1 is 1.15 bits per heavy atom. The molecule has 0 spiro atoms. The quantitative estimate of drug-likeness (QED) is 0.333. The zero-order chi connectivity index (χ0) is 9.84. The molecule has 0 bridgehead atoms. The normalized spacial score (nSPS) is 10.4. The summed E-state index contributed by atoms with van der Waals surface area (Å²) in [6, 6.07) is 0. The second kappa shape index (κ2) is 3.83. The topological polar surface area (TPSA) is 143 Å². The van der Waals surface area contributed by atoms with Crippen molar-refractivity contribution in [2.24, 2.45) is 0 Å². The van der Waals surface area contributed by atoms with Crippen molar-refractivity contribution in [2.45, 2.75) is 6.29 Å². The lowest BCUT2D eigenvalue weighted by Gasteiger charge is -2.06. The number of hydrogen-bond acceptors (Lipinski definition) is 8. The second-order valence-corrected chi connectivity index (χ2v) is 2.24. The lowest BCUT2D eigenvalue weighted by molar-refractivity contribution is -0.0276. The van der Waals surface area contributed by atoms with Crippen LogP contribution in [-0.4, -0.2) is 38.0 Å². The molecule has 0 fully saturated rings. The lowest BCUT2D eigenvalue weighted by Crippen LogP contribution is -2.20. The van der Waals surface area contributed by atoms with Crippen molar-refractivity contribution in [1.82, 2.24) is 15.0 Å². The van der Waals surface area contributed by atoms with Gasteiger partial charge in [-0.05, 0) is 0 Å². The minimum absolute atomic E-state index is 0.0255. The maximum absolute atomic E-state index is 8.51. The standard InChI is InChI=1S/C5H10N6O2/c6-3-9-4(7)11-5(10-3)8-1-2(12)13/h2,12-13H,1H2,(H5,6,7,8,9,10,11). The van der Waals surface area contributed by atoms with E-state index >= 15 is 0 Å². The van der Waals surface area contributed by atoms with Crippen LogP contribution in [0.25, 0.3) is 0 Å². The van der Waals surface area contributed by atoms with Gasteiger partial charge in [-0.2, -0.15) is 15.0 Å². The lowest BCUT2D eigenvalue weighted by atomic mass is 10.6. The number of anilines is 3. The smallest absolute Gasteiger partial charge is 0.229 e. The number of nitrogens with two attached hydrogens (primary N) is 2. The average molecular weight is 186 g/mol. The number of aromatic nitrogens is 3. The zero-order valence-corrected chi connectivity index (χ0v) is 6.68. The van der Waals surface area contributed by atoms with Crippen molar-refractivity contribution in [1.29, 1.82) is 0 Å². The van der Waals surface area contributed by atoms with Crippen LogP contribution in [0.4, 0.5) is 17.8 Å². The third-order valence-electron chi connectivity index (χ3n) is 1.11. The summed E-state index contributed by atoms with van der Waals surface area (Å²) >= 11 is 0. The highest BCUT2D eigenvalue weighted by Crippen LogP contribution is 2.02. The second-order valence-electron chi connectivity index (χ2n) is 2.24. The van der Waals surface area contributed by atoms with Crippen LogP contribution in [0.2, 0.25) is 0 Å². The Kier molecular flexibility index (Phi) is 2.77. The third-order valence-corrected chi connectivity index (χ3v) is 1.11. The Morgan fingerprint density at radius 3 is 2.15 bits per heavy atom. The number of nitrogens with one attached hydrogen (secondary N) is 1. The number of nitrogens with zero attached hydrogens (tertiary/aromatic N) is 3. The van der Waals surface area contributed by atoms with Gasteiger partial charge in [0, 0.05) is 0 Å². The summed E-state index contributed by atoms with van der Waals surface area (Å²) < 4.78 is 0. The number of aliphatic hydroxyl groups excluding tert-OH is 1. The van der Waals surface area contributed by atoms with Crippen molar-refractivity contribution in [3.63, 3.8) is 0 Å². The van der Waals surface area contributed by atoms with Gasteiger partial charge in [0.2, 0.25) is 17.8 Å². The van der Waals surface area contributed by atoms with Crippen molar-refractivity contribution < 1.29 is 10.2 Å². The Hall–Kier alpha value is -1.67. The molecule has 1 aromatic heterocycles. The van der Waals surface area contributed by atoms with Gasteiger partial charge in [0.15, 0.2) is 6.29 Å². The van der Waals surface area contributed by atoms with Crippen molar-refractivity contribution in [3.05, 3.63) is 0 Å². The predicted molar refractivity (Wildman–Crippen MR) is 45.4 cm³/mol. The first-order chi connectivity index (χ1) is 6.08. The van der Waals surface area contributed by atoms with Crippen LogP contribution >= 0.6 is 0 Å². The van der Waals surface area contributed by atoms with E-state index in [-0.39, 0.29) is 24.4 Å². The van der Waals surface area contributed by atoms with E-state index in [1.54, 1.807) is 0 Å². The summed E-state index contributed by atoms with van der Waals surface area (Å²) in [6.45, 7) is -0.108. The number of hydrogen-bond donors (Lipinski definition) is 5. The van der Waals surface area contributed by atoms with Gasteiger partial charge in [-0.15, -0.1) is 0 Å². The Morgan fingerprint density at radius 2 is 1.69 bits per heavy atom. The minimum Gasteiger partial charge on any atom is -0.368 e. The molecule has 0 radical (unpaired) electrons. The van der Waals surface area contributed by atoms with E-state index < -0.39 is 6.29 Å². The van der Waals surface area contributed by atoms with E-state index in [0.29, 0.717) is 0 Å². The van der Waals surface area contributed by atoms with Crippen LogP contribution in [0.15, 0.2) is 0 Å². The molecule has 13 heavy (non-hydrogen) atoms. The first-order valence-corrected chi connectivity index (χ1v) is 3.45. The van der Waals surface area contributed by atoms with Gasteiger partial charge in [-0.3, -0.25) is 0 Å². The monoisotopic (exact) mass is 186 g/mol. The molecule has 1 rings (SSSR count). The minimum atomic E-state index is -1.49. The highest BCUT2D eigenvalue weighted by Gasteiger charge is 2.02. The number of nitrogen functional groups attached to an aromatic ring is 2. The highest BCUT2D eigenvalue weighted by atomic mass is 16.5. The molecule has 1 heterocycles. The average Bonchev–Trinajstić information content (AvgIpc) is 1.99. The van der Waals surface area contributed by atoms with Gasteiger partial charge in [-0.1, -0.05) is 0 Å². The van der Waals surface area contributed by atoms with E-state index in [1.165, 1.54) is 0 Å². The maximum atomic E-state index is 8.51. The summed E-state index contributed by atoms with van der Waals surface area (Å²) in [7, 11) is 0. The molecule has 0 saturated heterocycles. The summed E-state index contributed by atoms with van der Waals surface area (Å²) in [5.74, 6) is 0.0583. The molecule has 7 N–H and O–H groups in total. The van der Waals surface area contributed by atoms with Crippen LogP contribution in [0.5, 0.6) is 0 Å². The van der Waals surface area contributed by atoms with Crippen LogP contribution in [0.3, 0.4) is 0 Å². The highest BCUT2D eigenvalue weighted by molar-refractivity contribution is 5.36. The zero-order valence-electron chi connectivity index (χ0n) is 6.68. The molecule has 0 amide bonds. The first kappa shape index (κ1) is 9.42. The summed E-state index contributed by atoms with van der Waals surface area (Å²) in [6.07, 6.45) is -1.49. The van der Waals surface area contributed by atoms with Gasteiger partial charge in [0.05, 0.1) is 6.54 Å². The first-order valence-electron chi connectivity index (χ1n) is 3.45. The molecule has 0 atom stereocenters. The Bertz CT molecular complexity index is 270. The summed E-state index contributed by atoms with van der Waals surface area (Å²) in [5, 5.41) is 19.5. The summed E-state index contributed by atoms with van der Waals surface area (Å²) in [4.78, 5) is 10.8. The van der Waals surface area contributed by atoms with Crippen LogP contribution in [0.1, 0.15) is 0 Å². The molecule has 1 aromatic rings. The molecule has 0 unspecified atom stereocenters. The van der Waals surface area contributed by atoms with Crippen molar-refractivity contribution >= 4 is 17.8 Å². The molecule has 0 aliphatic rings. The fourth-order valence-electron chi connectivity index (χ4n) is 0.671. The molecule has 0 aliphatic heterocycles. The van der Waals surface area contributed by atoms with Gasteiger partial charge in [0.25, 0.3) is 0 Å². The largest absolute Gasteiger partial charge is 0.368 e. The number of aliphatic hydroxyl groups is 2. The molecule has 72 valence electrons. The van der Waals surface area contributed by atoms with E-state index in [0.717, 1.165) is 0 Å². The van der Waals surface area contributed by atoms with Crippen molar-refractivity contribution in [3.8, 4) is 0 Å². The SMILES string of the molecule is Nc1nc(N)nc(NCC(O)O)n1. The fourth-order valence-corrected chi connectivity index (χ4v) is 0.671. The van der Waals surface area contributed by atoms with Crippen LogP contribution in [0, 0.1) is 0 Å². The third kappa shape index (κ3) is 3.05. The molecule has 0 aliphatic carbocycles. The van der Waals surface area contributed by atoms with Crippen LogP contribution in [-0.2, 0) is 0 Å². The molecule has 0 aromatic carbocycles. The summed E-state index contributed by atoms with van der Waals surface area (Å²) in [5.41, 5.74) is 10.5. The van der Waals surface area contributed by atoms with E-state index in [1.807, 2.05) is 0 Å². The van der Waals surface area contributed by atoms with E-state index in [2.05, 4.69) is 20.3 Å². The Balaban J connectivity index is 2.66. The molecular weight excluding hydrogens is 176 g/mol. The molecule has 8 nitrogen and oxygen atoms in total. The van der Waals surface area contributed by atoms with Crippen molar-refractivity contribution in [2.75, 3.05) is 23.3 Å². The van der Waals surface area contributed by atoms with E-state index in [9.17, 15) is 0 Å². The van der Waals surface area contributed by atoms with Gasteiger partial charge < -0.3 is 27.0 Å². The van der Waals surface area contributed by atoms with Gasteiger partial charge in [0.1, 0.15) is 0 Å². The van der Waals surface area contributed by atoms with Gasteiger partial charge >= 0.3 is 0 Å². The van der Waals surface area contributed by atoms with Crippen LogP contribution < -0.4 is 16.8 Å². The maximum Gasteiger partial charge on any atom is 0.229 e. The van der Waals surface area contributed by atoms with E-state index in [4.69, 9.17) is 21.7 Å². The molecule has 0 saturated carbocycles. The molecular formula is C5H10N6O2. The fraction of sp³-hybridized carbons (Fsp3) is 0.400. The Labute approximate surface area is 73.6 Å².